The molecule has 1 amide bonds. The van der Waals surface area contributed by atoms with Gasteiger partial charge in [0.25, 0.3) is 5.91 Å². The Morgan fingerprint density at radius 1 is 1.36 bits per heavy atom. The van der Waals surface area contributed by atoms with Crippen LogP contribution in [0.1, 0.15) is 47.4 Å². The maximum atomic E-state index is 13.1. The van der Waals surface area contributed by atoms with Crippen molar-refractivity contribution in [2.24, 2.45) is 11.7 Å². The fourth-order valence-corrected chi connectivity index (χ4v) is 2.79. The van der Waals surface area contributed by atoms with Crippen molar-refractivity contribution in [1.82, 2.24) is 9.78 Å². The predicted octanol–water partition coefficient (Wildman–Crippen LogP) is 3.13. The first kappa shape index (κ1) is 16.7. The molecule has 1 saturated carbocycles. The van der Waals surface area contributed by atoms with Gasteiger partial charge in [0.15, 0.2) is 5.69 Å². The third-order valence-corrected chi connectivity index (χ3v) is 3.96. The highest BCUT2D eigenvalue weighted by atomic mass is 19.4. The van der Waals surface area contributed by atoms with Crippen molar-refractivity contribution >= 4 is 5.91 Å². The summed E-state index contributed by atoms with van der Waals surface area (Å²) in [6.45, 7) is 1.10. The van der Waals surface area contributed by atoms with E-state index in [0.29, 0.717) is 0 Å². The van der Waals surface area contributed by atoms with E-state index in [1.165, 1.54) is 0 Å². The van der Waals surface area contributed by atoms with E-state index in [9.17, 15) is 26.7 Å². The molecule has 1 aliphatic carbocycles. The summed E-state index contributed by atoms with van der Waals surface area (Å²) in [5.74, 6) is -3.99. The van der Waals surface area contributed by atoms with Crippen LogP contribution in [-0.4, -0.2) is 21.6 Å². The Balaban J connectivity index is 2.26. The second-order valence-corrected chi connectivity index (χ2v) is 5.67. The van der Waals surface area contributed by atoms with E-state index in [-0.39, 0.29) is 49.4 Å². The molecule has 1 fully saturated rings. The number of primary amides is 1. The summed E-state index contributed by atoms with van der Waals surface area (Å²) in [5, 5.41) is 3.44. The standard InChI is InChI=1S/C13H16F5N3O/c1-7-9(11(19)22)21(20-10(7)13(16,17)18)6-8-2-4-12(14,15)5-3-8/h8H,2-6H2,1H3,(H2,19,22). The lowest BCUT2D eigenvalue weighted by Gasteiger charge is -2.28. The van der Waals surface area contributed by atoms with E-state index >= 15 is 0 Å². The molecule has 0 bridgehead atoms. The summed E-state index contributed by atoms with van der Waals surface area (Å²) < 4.78 is 65.7. The van der Waals surface area contributed by atoms with E-state index in [0.717, 1.165) is 11.6 Å². The number of halogens is 5. The summed E-state index contributed by atoms with van der Waals surface area (Å²) in [4.78, 5) is 11.4. The van der Waals surface area contributed by atoms with Crippen molar-refractivity contribution in [2.75, 3.05) is 0 Å². The minimum Gasteiger partial charge on any atom is -0.364 e. The van der Waals surface area contributed by atoms with Crippen LogP contribution in [0, 0.1) is 12.8 Å². The normalized spacial score (nSPS) is 19.4. The third kappa shape index (κ3) is 3.38. The molecule has 0 aromatic carbocycles. The summed E-state index contributed by atoms with van der Waals surface area (Å²) in [6.07, 6.45) is -4.97. The average Bonchev–Trinajstić information content (AvgIpc) is 2.68. The minimum atomic E-state index is -4.70. The average molecular weight is 325 g/mol. The van der Waals surface area contributed by atoms with Crippen LogP contribution in [0.4, 0.5) is 22.0 Å². The van der Waals surface area contributed by atoms with Gasteiger partial charge in [-0.25, -0.2) is 8.78 Å². The molecule has 9 heteroatoms. The molecule has 2 N–H and O–H groups in total. The van der Waals surface area contributed by atoms with E-state index in [2.05, 4.69) is 5.10 Å². The van der Waals surface area contributed by atoms with Crippen LogP contribution in [0.25, 0.3) is 0 Å². The number of aromatic nitrogens is 2. The first-order valence-corrected chi connectivity index (χ1v) is 6.83. The number of nitrogens with zero attached hydrogens (tertiary/aromatic N) is 2. The molecule has 0 radical (unpaired) electrons. The Kier molecular flexibility index (Phi) is 4.18. The topological polar surface area (TPSA) is 60.9 Å². The number of amides is 1. The van der Waals surface area contributed by atoms with Gasteiger partial charge in [-0.15, -0.1) is 0 Å². The van der Waals surface area contributed by atoms with Crippen molar-refractivity contribution in [3.05, 3.63) is 17.0 Å². The van der Waals surface area contributed by atoms with Crippen molar-refractivity contribution in [3.8, 4) is 0 Å². The maximum absolute atomic E-state index is 13.1. The molecule has 0 unspecified atom stereocenters. The number of carbonyl (C=O) groups excluding carboxylic acids is 1. The quantitative estimate of drug-likeness (QED) is 0.868. The summed E-state index contributed by atoms with van der Waals surface area (Å²) in [5.41, 5.74) is 3.32. The van der Waals surface area contributed by atoms with Crippen LogP contribution < -0.4 is 5.73 Å². The lowest BCUT2D eigenvalue weighted by molar-refractivity contribution is -0.142. The van der Waals surface area contributed by atoms with Gasteiger partial charge < -0.3 is 5.73 Å². The zero-order chi connectivity index (χ0) is 16.7. The summed E-state index contributed by atoms with van der Waals surface area (Å²) in [7, 11) is 0. The number of alkyl halides is 5. The van der Waals surface area contributed by atoms with Gasteiger partial charge >= 0.3 is 6.18 Å². The van der Waals surface area contributed by atoms with Crippen LogP contribution in [-0.2, 0) is 12.7 Å². The van der Waals surface area contributed by atoms with Gasteiger partial charge in [-0.3, -0.25) is 9.48 Å². The number of hydrogen-bond donors (Lipinski definition) is 1. The molecule has 1 aromatic rings. The number of rotatable bonds is 3. The molecule has 124 valence electrons. The van der Waals surface area contributed by atoms with Gasteiger partial charge in [0.05, 0.1) is 0 Å². The SMILES string of the molecule is Cc1c(C(F)(F)F)nn(CC2CCC(F)(F)CC2)c1C(N)=O. The van der Waals surface area contributed by atoms with Crippen LogP contribution in [0.2, 0.25) is 0 Å². The highest BCUT2D eigenvalue weighted by Gasteiger charge is 2.40. The molecular formula is C13H16F5N3O. The second kappa shape index (κ2) is 5.51. The number of nitrogens with two attached hydrogens (primary N) is 1. The zero-order valence-corrected chi connectivity index (χ0v) is 11.9. The fraction of sp³-hybridized carbons (Fsp3) is 0.692. The Morgan fingerprint density at radius 2 is 1.91 bits per heavy atom. The molecule has 1 aliphatic rings. The van der Waals surface area contributed by atoms with Gasteiger partial charge in [0.2, 0.25) is 5.92 Å². The minimum absolute atomic E-state index is 0.0225. The van der Waals surface area contributed by atoms with Gasteiger partial charge in [-0.1, -0.05) is 0 Å². The van der Waals surface area contributed by atoms with Gasteiger partial charge in [-0.2, -0.15) is 18.3 Å². The van der Waals surface area contributed by atoms with E-state index in [1.807, 2.05) is 0 Å². The molecular weight excluding hydrogens is 309 g/mol. The first-order chi connectivity index (χ1) is 10.0. The Bertz CT molecular complexity index is 569. The summed E-state index contributed by atoms with van der Waals surface area (Å²) >= 11 is 0. The maximum Gasteiger partial charge on any atom is 0.435 e. The van der Waals surface area contributed by atoms with E-state index in [4.69, 9.17) is 5.73 Å². The molecule has 1 aromatic heterocycles. The van der Waals surface area contributed by atoms with Crippen molar-refractivity contribution in [2.45, 2.75) is 51.3 Å². The number of hydrogen-bond acceptors (Lipinski definition) is 2. The predicted molar refractivity (Wildman–Crippen MR) is 67.4 cm³/mol. The monoisotopic (exact) mass is 325 g/mol. The van der Waals surface area contributed by atoms with Crippen molar-refractivity contribution in [1.29, 1.82) is 0 Å². The Labute approximate surface area is 123 Å². The summed E-state index contributed by atoms with van der Waals surface area (Å²) in [6, 6.07) is 0. The largest absolute Gasteiger partial charge is 0.435 e. The molecule has 0 spiro atoms. The van der Waals surface area contributed by atoms with Gasteiger partial charge in [-0.05, 0) is 25.7 Å². The zero-order valence-electron chi connectivity index (χ0n) is 11.9. The van der Waals surface area contributed by atoms with Crippen molar-refractivity contribution < 1.29 is 26.7 Å². The van der Waals surface area contributed by atoms with Crippen molar-refractivity contribution in [3.63, 3.8) is 0 Å². The fourth-order valence-electron chi connectivity index (χ4n) is 2.79. The van der Waals surface area contributed by atoms with Crippen LogP contribution >= 0.6 is 0 Å². The van der Waals surface area contributed by atoms with Gasteiger partial charge in [0, 0.05) is 24.9 Å². The molecule has 4 nitrogen and oxygen atoms in total. The van der Waals surface area contributed by atoms with Crippen LogP contribution in [0.5, 0.6) is 0 Å². The van der Waals surface area contributed by atoms with E-state index < -0.39 is 23.7 Å². The lowest BCUT2D eigenvalue weighted by atomic mass is 9.87. The van der Waals surface area contributed by atoms with Crippen LogP contribution in [0.3, 0.4) is 0 Å². The first-order valence-electron chi connectivity index (χ1n) is 6.83. The van der Waals surface area contributed by atoms with Gasteiger partial charge in [0.1, 0.15) is 5.69 Å². The molecule has 1 heterocycles. The Morgan fingerprint density at radius 3 is 2.36 bits per heavy atom. The smallest absolute Gasteiger partial charge is 0.364 e. The molecule has 0 saturated heterocycles. The molecule has 22 heavy (non-hydrogen) atoms. The highest BCUT2D eigenvalue weighted by molar-refractivity contribution is 5.92. The molecule has 2 rings (SSSR count). The molecule has 0 aliphatic heterocycles. The van der Waals surface area contributed by atoms with Crippen LogP contribution in [0.15, 0.2) is 0 Å². The third-order valence-electron chi connectivity index (χ3n) is 3.96. The second-order valence-electron chi connectivity index (χ2n) is 5.67. The van der Waals surface area contributed by atoms with E-state index in [1.54, 1.807) is 0 Å². The number of carbonyl (C=O) groups is 1. The highest BCUT2D eigenvalue weighted by Crippen LogP contribution is 2.37. The molecule has 0 atom stereocenters. The lowest BCUT2D eigenvalue weighted by Crippen LogP contribution is -2.28. The Hall–Kier alpha value is -1.67.